The lowest BCUT2D eigenvalue weighted by Crippen LogP contribution is -2.41. The second-order valence-electron chi connectivity index (χ2n) is 7.04. The molecule has 0 unspecified atom stereocenters. The van der Waals surface area contributed by atoms with Crippen LogP contribution in [0.1, 0.15) is 35.0 Å². The summed E-state index contributed by atoms with van der Waals surface area (Å²) in [5.41, 5.74) is 1.39. The molecule has 4 rings (SSSR count). The van der Waals surface area contributed by atoms with E-state index < -0.39 is 0 Å². The van der Waals surface area contributed by atoms with E-state index in [0.29, 0.717) is 11.6 Å². The molecule has 1 saturated heterocycles. The lowest BCUT2D eigenvalue weighted by atomic mass is 9.97. The zero-order chi connectivity index (χ0) is 18.1. The maximum atomic E-state index is 12.9. The quantitative estimate of drug-likeness (QED) is 0.729. The number of amides is 1. The van der Waals surface area contributed by atoms with Crippen LogP contribution in [0.5, 0.6) is 0 Å². The number of fused-ring (bicyclic) bond motifs is 1. The first-order valence-corrected chi connectivity index (χ1v) is 9.13. The Morgan fingerprint density at radius 2 is 2.00 bits per heavy atom. The van der Waals surface area contributed by atoms with Crippen molar-refractivity contribution < 1.29 is 4.79 Å². The van der Waals surface area contributed by atoms with Crippen molar-refractivity contribution in [3.05, 3.63) is 53.7 Å². The van der Waals surface area contributed by atoms with Gasteiger partial charge in [-0.05, 0) is 44.7 Å². The number of likely N-dealkylation sites (tertiary alicyclic amines) is 1. The van der Waals surface area contributed by atoms with Gasteiger partial charge in [-0.25, -0.2) is 14.6 Å². The smallest absolute Gasteiger partial charge is 0.272 e. The van der Waals surface area contributed by atoms with Crippen molar-refractivity contribution in [3.63, 3.8) is 0 Å². The summed E-state index contributed by atoms with van der Waals surface area (Å²) in [4.78, 5) is 23.8. The van der Waals surface area contributed by atoms with Crippen LogP contribution in [-0.4, -0.2) is 43.6 Å². The number of nitrogens with zero attached hydrogens (tertiary/aromatic N) is 5. The number of hydrogen-bond donors (Lipinski definition) is 0. The zero-order valence-electron chi connectivity index (χ0n) is 15.2. The van der Waals surface area contributed by atoms with Crippen molar-refractivity contribution in [2.45, 2.75) is 33.2 Å². The summed E-state index contributed by atoms with van der Waals surface area (Å²) in [6.07, 6.45) is 2.12. The average Bonchev–Trinajstić information content (AvgIpc) is 2.98. The summed E-state index contributed by atoms with van der Waals surface area (Å²) in [5.74, 6) is 2.15. The molecule has 0 N–H and O–H groups in total. The Kier molecular flexibility index (Phi) is 4.41. The van der Waals surface area contributed by atoms with E-state index in [0.717, 1.165) is 55.0 Å². The largest absolute Gasteiger partial charge is 0.337 e. The molecule has 2 aromatic heterocycles. The number of pyridine rings is 1. The first-order chi connectivity index (χ1) is 12.6. The van der Waals surface area contributed by atoms with Crippen molar-refractivity contribution in [2.75, 3.05) is 13.1 Å². The Morgan fingerprint density at radius 1 is 1.15 bits per heavy atom. The molecule has 134 valence electrons. The minimum atomic E-state index is 0.0203. The van der Waals surface area contributed by atoms with Gasteiger partial charge in [-0.1, -0.05) is 24.3 Å². The summed E-state index contributed by atoms with van der Waals surface area (Å²) >= 11 is 0. The van der Waals surface area contributed by atoms with E-state index in [2.05, 4.69) is 15.1 Å². The minimum absolute atomic E-state index is 0.0203. The Balaban J connectivity index is 1.49. The van der Waals surface area contributed by atoms with E-state index in [9.17, 15) is 4.79 Å². The molecule has 6 nitrogen and oxygen atoms in total. The van der Waals surface area contributed by atoms with Crippen LogP contribution in [0.4, 0.5) is 0 Å². The third-order valence-corrected chi connectivity index (χ3v) is 5.02. The Hall–Kier alpha value is -2.76. The Bertz CT molecular complexity index is 948. The molecule has 0 aliphatic carbocycles. The van der Waals surface area contributed by atoms with Gasteiger partial charge < -0.3 is 4.90 Å². The van der Waals surface area contributed by atoms with Gasteiger partial charge in [0, 0.05) is 25.0 Å². The number of carbonyl (C=O) groups is 1. The van der Waals surface area contributed by atoms with Gasteiger partial charge in [-0.3, -0.25) is 4.79 Å². The molecule has 1 atom stereocenters. The normalized spacial score (nSPS) is 17.6. The molecule has 0 spiro atoms. The lowest BCUT2D eigenvalue weighted by molar-refractivity contribution is 0.0653. The fourth-order valence-electron chi connectivity index (χ4n) is 3.72. The lowest BCUT2D eigenvalue weighted by Gasteiger charge is -2.32. The fourth-order valence-corrected chi connectivity index (χ4v) is 3.72. The summed E-state index contributed by atoms with van der Waals surface area (Å²) in [7, 11) is 0. The number of carbonyl (C=O) groups excluding carboxylic acids is 1. The molecule has 1 fully saturated rings. The van der Waals surface area contributed by atoms with Crippen molar-refractivity contribution in [3.8, 4) is 0 Å². The number of rotatable bonds is 3. The van der Waals surface area contributed by atoms with Crippen molar-refractivity contribution >= 4 is 16.8 Å². The second kappa shape index (κ2) is 6.86. The van der Waals surface area contributed by atoms with Crippen LogP contribution in [0.2, 0.25) is 0 Å². The number of piperidine rings is 1. The summed E-state index contributed by atoms with van der Waals surface area (Å²) < 4.78 is 1.96. The van der Waals surface area contributed by atoms with E-state index >= 15 is 0 Å². The van der Waals surface area contributed by atoms with E-state index in [1.807, 2.05) is 59.8 Å². The molecule has 1 aliphatic rings. The van der Waals surface area contributed by atoms with E-state index in [1.165, 1.54) is 0 Å². The van der Waals surface area contributed by atoms with Gasteiger partial charge in [-0.15, -0.1) is 0 Å². The third-order valence-electron chi connectivity index (χ3n) is 5.02. The SMILES string of the molecule is Cc1nc(C)n(C[C@H]2CCCN(C(=O)c3ccc4ccccc4n3)C2)n1. The second-order valence-corrected chi connectivity index (χ2v) is 7.04. The fraction of sp³-hybridized carbons (Fsp3) is 0.400. The highest BCUT2D eigenvalue weighted by Crippen LogP contribution is 2.21. The van der Waals surface area contributed by atoms with Gasteiger partial charge in [0.15, 0.2) is 0 Å². The van der Waals surface area contributed by atoms with Gasteiger partial charge in [0.2, 0.25) is 0 Å². The third kappa shape index (κ3) is 3.31. The van der Waals surface area contributed by atoms with Crippen LogP contribution in [0.15, 0.2) is 36.4 Å². The molecule has 6 heteroatoms. The minimum Gasteiger partial charge on any atom is -0.337 e. The first kappa shape index (κ1) is 16.7. The molecule has 0 saturated carbocycles. The highest BCUT2D eigenvalue weighted by Gasteiger charge is 2.26. The average molecular weight is 349 g/mol. The number of aryl methyl sites for hydroxylation is 2. The molecular formula is C20H23N5O. The summed E-state index contributed by atoms with van der Waals surface area (Å²) in [5, 5.41) is 5.51. The van der Waals surface area contributed by atoms with Crippen LogP contribution >= 0.6 is 0 Å². The molecule has 26 heavy (non-hydrogen) atoms. The van der Waals surface area contributed by atoms with Crippen LogP contribution in [0, 0.1) is 19.8 Å². The molecule has 3 aromatic rings. The maximum Gasteiger partial charge on any atom is 0.272 e. The highest BCUT2D eigenvalue weighted by molar-refractivity contribution is 5.95. The van der Waals surface area contributed by atoms with E-state index in [-0.39, 0.29) is 5.91 Å². The number of benzene rings is 1. The van der Waals surface area contributed by atoms with Gasteiger partial charge in [-0.2, -0.15) is 5.10 Å². The number of para-hydroxylation sites is 1. The van der Waals surface area contributed by atoms with Crippen molar-refractivity contribution in [2.24, 2.45) is 5.92 Å². The van der Waals surface area contributed by atoms with Crippen LogP contribution in [0.3, 0.4) is 0 Å². The standard InChI is InChI=1S/C20H23N5O/c1-14-21-15(2)25(23-14)13-16-6-5-11-24(12-16)20(26)19-10-9-17-7-3-4-8-18(17)22-19/h3-4,7-10,16H,5-6,11-13H2,1-2H3/t16-/m0/s1. The molecule has 0 radical (unpaired) electrons. The summed E-state index contributed by atoms with van der Waals surface area (Å²) in [6.45, 7) is 6.23. The number of hydrogen-bond acceptors (Lipinski definition) is 4. The van der Waals surface area contributed by atoms with Crippen LogP contribution in [-0.2, 0) is 6.54 Å². The maximum absolute atomic E-state index is 12.9. The molecule has 3 heterocycles. The summed E-state index contributed by atoms with van der Waals surface area (Å²) in [6, 6.07) is 11.7. The topological polar surface area (TPSA) is 63.9 Å². The van der Waals surface area contributed by atoms with Crippen LogP contribution < -0.4 is 0 Å². The highest BCUT2D eigenvalue weighted by atomic mass is 16.2. The van der Waals surface area contributed by atoms with Crippen molar-refractivity contribution in [1.29, 1.82) is 0 Å². The molecule has 1 aromatic carbocycles. The first-order valence-electron chi connectivity index (χ1n) is 9.13. The van der Waals surface area contributed by atoms with E-state index in [1.54, 1.807) is 0 Å². The monoisotopic (exact) mass is 349 g/mol. The molecule has 0 bridgehead atoms. The van der Waals surface area contributed by atoms with E-state index in [4.69, 9.17) is 0 Å². The van der Waals surface area contributed by atoms with Gasteiger partial charge in [0.25, 0.3) is 5.91 Å². The van der Waals surface area contributed by atoms with Gasteiger partial charge in [0.05, 0.1) is 5.52 Å². The molecule has 1 aliphatic heterocycles. The predicted molar refractivity (Wildman–Crippen MR) is 99.9 cm³/mol. The van der Waals surface area contributed by atoms with Gasteiger partial charge >= 0.3 is 0 Å². The van der Waals surface area contributed by atoms with Gasteiger partial charge in [0.1, 0.15) is 17.3 Å². The zero-order valence-corrected chi connectivity index (χ0v) is 15.2. The predicted octanol–water partition coefficient (Wildman–Crippen LogP) is 3.00. The number of aromatic nitrogens is 4. The molecule has 1 amide bonds. The van der Waals surface area contributed by atoms with Crippen molar-refractivity contribution in [1.82, 2.24) is 24.6 Å². The Labute approximate surface area is 152 Å². The Morgan fingerprint density at radius 3 is 2.81 bits per heavy atom. The van der Waals surface area contributed by atoms with Crippen LogP contribution in [0.25, 0.3) is 10.9 Å². The molecular weight excluding hydrogens is 326 g/mol.